The molecule has 6 aromatic heterocycles. The summed E-state index contributed by atoms with van der Waals surface area (Å²) in [6.07, 6.45) is 9.11. The zero-order valence-electron chi connectivity index (χ0n) is 54.4. The van der Waals surface area contributed by atoms with Crippen molar-refractivity contribution in [3.63, 3.8) is 0 Å². The number of rotatable bonds is 14. The largest absolute Gasteiger partial charge is 0.494 e. The van der Waals surface area contributed by atoms with Crippen molar-refractivity contribution in [1.29, 1.82) is 0 Å². The molecule has 2 saturated heterocycles. The molecular formula is C68H84N14O9. The number of nitrogens with zero attached hydrogens (tertiary/aromatic N) is 11. The minimum Gasteiger partial charge on any atom is -0.494 e. The normalized spacial score (nSPS) is 22.6. The molecular weight excluding hydrogens is 1160 g/mol. The zero-order chi connectivity index (χ0) is 64.3. The fourth-order valence-corrected chi connectivity index (χ4v) is 14.8. The second-order valence-electron chi connectivity index (χ2n) is 27.9. The Morgan fingerprint density at radius 3 is 1.48 bits per heavy atom. The van der Waals surface area contributed by atoms with Gasteiger partial charge in [-0.3, -0.25) is 14.4 Å². The smallest absolute Gasteiger partial charge is 0.407 e. The lowest BCUT2D eigenvalue weighted by Gasteiger charge is -2.38. The third-order valence-corrected chi connectivity index (χ3v) is 19.3. The van der Waals surface area contributed by atoms with E-state index in [-0.39, 0.29) is 59.8 Å². The molecule has 4 aliphatic carbocycles. The Labute approximate surface area is 529 Å². The van der Waals surface area contributed by atoms with E-state index in [1.807, 2.05) is 115 Å². The van der Waals surface area contributed by atoms with Crippen molar-refractivity contribution >= 4 is 74.0 Å². The predicted octanol–water partition coefficient (Wildman–Crippen LogP) is 8.93. The van der Waals surface area contributed by atoms with Crippen LogP contribution in [0.5, 0.6) is 11.5 Å². The summed E-state index contributed by atoms with van der Waals surface area (Å²) in [6.45, 7) is 15.3. The fraction of sp³-hybridized carbons (Fsp3) is 0.515. The van der Waals surface area contributed by atoms with Crippen LogP contribution in [0.25, 0.3) is 67.2 Å². The van der Waals surface area contributed by atoms with Gasteiger partial charge in [-0.25, -0.2) is 29.5 Å². The van der Waals surface area contributed by atoms with Crippen LogP contribution < -0.4 is 25.4 Å². The quantitative estimate of drug-likeness (QED) is 0.0922. The summed E-state index contributed by atoms with van der Waals surface area (Å²) in [4.78, 5) is 91.5. The van der Waals surface area contributed by atoms with Crippen LogP contribution in [0.15, 0.2) is 73.1 Å². The average molecular weight is 1240 g/mol. The highest BCUT2D eigenvalue weighted by molar-refractivity contribution is 6.02. The number of methoxy groups -OCH3 is 2. The van der Waals surface area contributed by atoms with Crippen LogP contribution in [0.4, 0.5) is 9.59 Å². The fourth-order valence-electron chi connectivity index (χ4n) is 14.8. The first-order valence-corrected chi connectivity index (χ1v) is 31.9. The van der Waals surface area contributed by atoms with Gasteiger partial charge in [-0.15, -0.1) is 0 Å². The first-order valence-electron chi connectivity index (χ1n) is 31.9. The third-order valence-electron chi connectivity index (χ3n) is 19.3. The van der Waals surface area contributed by atoms with Gasteiger partial charge in [-0.2, -0.15) is 0 Å². The van der Waals surface area contributed by atoms with E-state index in [0.29, 0.717) is 65.0 Å². The van der Waals surface area contributed by atoms with E-state index in [2.05, 4.69) is 58.9 Å². The van der Waals surface area contributed by atoms with Crippen molar-refractivity contribution in [2.24, 2.45) is 37.8 Å². The van der Waals surface area contributed by atoms with Gasteiger partial charge in [0.1, 0.15) is 45.0 Å². The van der Waals surface area contributed by atoms with Crippen LogP contribution in [0.1, 0.15) is 108 Å². The monoisotopic (exact) mass is 1240 g/mol. The van der Waals surface area contributed by atoms with Crippen LogP contribution in [0.2, 0.25) is 0 Å². The Balaban J connectivity index is 0.000000167. The van der Waals surface area contributed by atoms with Crippen molar-refractivity contribution in [3.8, 4) is 34.5 Å². The van der Waals surface area contributed by atoms with Crippen molar-refractivity contribution < 1.29 is 42.9 Å². The van der Waals surface area contributed by atoms with Gasteiger partial charge in [0.25, 0.3) is 11.8 Å². The second kappa shape index (κ2) is 23.2. The topological polar surface area (TPSA) is 239 Å². The number of amides is 5. The number of fused-ring (bicyclic) bond motifs is 8. The Hall–Kier alpha value is -8.73. The number of hydrogen-bond acceptors (Lipinski definition) is 14. The molecule has 91 heavy (non-hydrogen) atoms. The number of imidazole rings is 2. The number of pyridine rings is 2. The number of aromatic nitrogens is 8. The van der Waals surface area contributed by atoms with E-state index >= 15 is 0 Å². The highest BCUT2D eigenvalue weighted by atomic mass is 16.6. The van der Waals surface area contributed by atoms with E-state index in [9.17, 15) is 24.0 Å². The van der Waals surface area contributed by atoms with Gasteiger partial charge in [-0.05, 0) is 160 Å². The van der Waals surface area contributed by atoms with Crippen LogP contribution in [-0.4, -0.2) is 172 Å². The van der Waals surface area contributed by atoms with Crippen LogP contribution in [0, 0.1) is 23.7 Å². The van der Waals surface area contributed by atoms with Gasteiger partial charge in [-0.1, -0.05) is 0 Å². The molecule has 23 nitrogen and oxygen atoms in total. The first kappa shape index (κ1) is 61.1. The van der Waals surface area contributed by atoms with Gasteiger partial charge in [0.05, 0.1) is 66.9 Å². The molecule has 6 aliphatic rings. The number of nitrogens with one attached hydrogen (secondary N) is 3. The number of aryl methyl sites for hydroxylation is 2. The van der Waals surface area contributed by atoms with Crippen molar-refractivity contribution in [2.45, 2.75) is 148 Å². The second-order valence-corrected chi connectivity index (χ2v) is 27.9. The van der Waals surface area contributed by atoms with Gasteiger partial charge >= 0.3 is 12.2 Å². The summed E-state index contributed by atoms with van der Waals surface area (Å²) in [5, 5.41) is 11.6. The maximum absolute atomic E-state index is 14.4. The Morgan fingerprint density at radius 2 is 1.07 bits per heavy atom. The summed E-state index contributed by atoms with van der Waals surface area (Å²) in [6, 6.07) is 18.3. The minimum absolute atomic E-state index is 0.0302. The van der Waals surface area contributed by atoms with E-state index in [4.69, 9.17) is 33.9 Å². The molecule has 8 atom stereocenters. The van der Waals surface area contributed by atoms with Crippen LogP contribution in [0.3, 0.4) is 0 Å². The number of ether oxygens (including phenoxy) is 4. The predicted molar refractivity (Wildman–Crippen MR) is 345 cm³/mol. The summed E-state index contributed by atoms with van der Waals surface area (Å²) in [5.74, 6) is 3.70. The van der Waals surface area contributed by atoms with Crippen molar-refractivity contribution in [3.05, 3.63) is 84.2 Å². The molecule has 0 spiro atoms. The van der Waals surface area contributed by atoms with Crippen molar-refractivity contribution in [1.82, 2.24) is 68.9 Å². The molecule has 4 bridgehead atoms. The van der Waals surface area contributed by atoms with E-state index in [1.165, 1.54) is 32.6 Å². The summed E-state index contributed by atoms with van der Waals surface area (Å²) in [5.41, 5.74) is 6.52. The number of benzene rings is 2. The molecule has 8 aromatic rings. The van der Waals surface area contributed by atoms with Gasteiger partial charge in [0.15, 0.2) is 11.6 Å². The number of alkyl carbamates (subject to hydrolysis) is 2. The Morgan fingerprint density at radius 1 is 0.626 bits per heavy atom. The number of likely N-dealkylation sites (N-methyl/N-ethyl adjacent to an activating group) is 2. The molecule has 2 aromatic carbocycles. The summed E-state index contributed by atoms with van der Waals surface area (Å²) >= 11 is 0. The molecule has 2 unspecified atom stereocenters. The first-order chi connectivity index (χ1) is 43.4. The Bertz CT molecular complexity index is 4200. The maximum atomic E-state index is 14.4. The number of carbonyl (C=O) groups excluding carboxylic acids is 5. The molecule has 6 fully saturated rings. The molecule has 4 saturated carbocycles. The molecule has 3 N–H and O–H groups in total. The summed E-state index contributed by atoms with van der Waals surface area (Å²) in [7, 11) is 10.8. The van der Waals surface area contributed by atoms with Gasteiger partial charge in [0, 0.05) is 106 Å². The third kappa shape index (κ3) is 11.4. The lowest BCUT2D eigenvalue weighted by molar-refractivity contribution is -0.130. The molecule has 5 amide bonds. The van der Waals surface area contributed by atoms with Gasteiger partial charge in [0.2, 0.25) is 5.91 Å². The highest BCUT2D eigenvalue weighted by Gasteiger charge is 2.57. The van der Waals surface area contributed by atoms with Crippen LogP contribution in [-0.2, 0) is 41.5 Å². The molecule has 8 heterocycles. The van der Waals surface area contributed by atoms with Gasteiger partial charge < -0.3 is 67.9 Å². The number of hydrogen-bond donors (Lipinski definition) is 3. The van der Waals surface area contributed by atoms with E-state index in [1.54, 1.807) is 37.1 Å². The number of piperidine rings is 2. The molecule has 14 rings (SSSR count). The number of carbonyl (C=O) groups is 5. The molecule has 2 aliphatic heterocycles. The van der Waals surface area contributed by atoms with Crippen LogP contribution >= 0.6 is 0 Å². The Kier molecular flexibility index (Phi) is 15.6. The number of likely N-dealkylation sites (tertiary alicyclic amines) is 2. The standard InChI is InChI=1S/C35H43N7O5.C33H41N7O4/c1-19(43)39(5)25-15-23-18-42(30(25)28(23)38-34(45)47-35(2,3)4)33(44)22-13-24-29(27(16-22)46-7)40(6)32(37-24)26-14-21-9-8-12-36-31(21)41(26)17-20-10-11-20;1-33(2,3)44-32(42)37-26-21-13-22(34-4)28(26)40(17-21)31(41)20-12-23-27(25(15-20)43-6)38(5)30(36-23)24-14-19-8-7-11-35-29(19)39(24)16-18-9-10-18/h8-9,12-14,16,20,23,25,28,30H,10-11,15,17-18H2,1-7H3,(H,38,45);7-8,11-12,14-15,18,21-22,26,28,34H,9-10,13,16-17H2,1-6H3,(H,37,42)/t23-,25?,28-,30-;21-,22?,26-,28-/m11/s1. The zero-order valence-corrected chi connectivity index (χ0v) is 54.4. The minimum atomic E-state index is -0.664. The summed E-state index contributed by atoms with van der Waals surface area (Å²) < 4.78 is 31.5. The lowest BCUT2D eigenvalue weighted by atomic mass is 10.0. The lowest BCUT2D eigenvalue weighted by Crippen LogP contribution is -2.56. The van der Waals surface area contributed by atoms with E-state index in [0.717, 1.165) is 75.6 Å². The van der Waals surface area contributed by atoms with Crippen molar-refractivity contribution in [2.75, 3.05) is 41.4 Å². The van der Waals surface area contributed by atoms with E-state index < -0.39 is 29.4 Å². The molecule has 23 heteroatoms. The molecule has 0 radical (unpaired) electrons. The average Bonchev–Trinajstić information content (AvgIpc) is 1.66. The maximum Gasteiger partial charge on any atom is 0.407 e. The SMILES string of the molecule is CNC1C[C@@H]2CN(C(=O)c3cc(OC)c4c(c3)nc(-c3cc5cccnc5n3CC3CC3)n4C)[C@H]1[C@@H]2NC(=O)OC(C)(C)C.COc1cc(C(=O)N2C[C@H]3CC(N(C)C(C)=O)[C@@H]2[C@@H]3NC(=O)OC(C)(C)C)cc2nc(-c3cc4cccnc4n3CC3CC3)n(C)c12. The highest BCUT2D eigenvalue weighted by Crippen LogP contribution is 2.45. The molecule has 480 valence electrons.